The molecule has 5 rings (SSSR count). The standard InChI is InChI=1S/C28H33FN4O/c1-21(23-13-14-24(25(29)19-23)22-11-5-2-6-12-22)26-20-27(31-34-26)30-28(32-15-7-3-8-16-32)33-17-9-4-10-18-33/h2,5-6,11-14,19-21H,3-4,7-10,15-18H2,1H3. The third kappa shape index (κ3) is 5.01. The van der Waals surface area contributed by atoms with E-state index in [1.807, 2.05) is 55.5 Å². The van der Waals surface area contributed by atoms with Crippen molar-refractivity contribution in [1.29, 1.82) is 0 Å². The van der Waals surface area contributed by atoms with Crippen molar-refractivity contribution in [2.24, 2.45) is 4.99 Å². The van der Waals surface area contributed by atoms with Gasteiger partial charge < -0.3 is 14.3 Å². The lowest BCUT2D eigenvalue weighted by atomic mass is 9.95. The van der Waals surface area contributed by atoms with Gasteiger partial charge in [0, 0.05) is 43.7 Å². The lowest BCUT2D eigenvalue weighted by Gasteiger charge is -2.38. The summed E-state index contributed by atoms with van der Waals surface area (Å²) >= 11 is 0. The van der Waals surface area contributed by atoms with Crippen LogP contribution in [-0.2, 0) is 0 Å². The number of nitrogens with zero attached hydrogens (tertiary/aromatic N) is 4. The molecular formula is C28H33FN4O. The van der Waals surface area contributed by atoms with Crippen molar-refractivity contribution in [3.05, 3.63) is 71.7 Å². The van der Waals surface area contributed by atoms with Gasteiger partial charge in [0.05, 0.1) is 0 Å². The molecule has 6 heteroatoms. The van der Waals surface area contributed by atoms with Crippen LogP contribution >= 0.6 is 0 Å². The number of likely N-dealkylation sites (tertiary alicyclic amines) is 2. The Hall–Kier alpha value is -3.15. The Labute approximate surface area is 201 Å². The van der Waals surface area contributed by atoms with Crippen LogP contribution in [0.2, 0.25) is 0 Å². The monoisotopic (exact) mass is 460 g/mol. The quantitative estimate of drug-likeness (QED) is 0.325. The Kier molecular flexibility index (Phi) is 6.93. The second-order valence-corrected chi connectivity index (χ2v) is 9.42. The number of halogens is 1. The van der Waals surface area contributed by atoms with Gasteiger partial charge in [-0.25, -0.2) is 4.39 Å². The Morgan fingerprint density at radius 3 is 2.15 bits per heavy atom. The maximum Gasteiger partial charge on any atom is 0.203 e. The molecule has 1 atom stereocenters. The minimum absolute atomic E-state index is 0.121. The summed E-state index contributed by atoms with van der Waals surface area (Å²) in [5.41, 5.74) is 2.33. The first-order valence-electron chi connectivity index (χ1n) is 12.6. The Balaban J connectivity index is 1.37. The van der Waals surface area contributed by atoms with Crippen molar-refractivity contribution in [1.82, 2.24) is 15.0 Å². The van der Waals surface area contributed by atoms with E-state index in [9.17, 15) is 4.39 Å². The van der Waals surface area contributed by atoms with Gasteiger partial charge in [-0.15, -0.1) is 0 Å². The molecule has 0 N–H and O–H groups in total. The number of rotatable bonds is 4. The zero-order valence-corrected chi connectivity index (χ0v) is 19.9. The zero-order valence-electron chi connectivity index (χ0n) is 19.9. The third-order valence-corrected chi connectivity index (χ3v) is 7.01. The van der Waals surface area contributed by atoms with E-state index in [4.69, 9.17) is 9.52 Å². The lowest BCUT2D eigenvalue weighted by Crippen LogP contribution is -2.48. The predicted octanol–water partition coefficient (Wildman–Crippen LogP) is 6.59. The third-order valence-electron chi connectivity index (χ3n) is 7.01. The van der Waals surface area contributed by atoms with Gasteiger partial charge in [-0.3, -0.25) is 0 Å². The van der Waals surface area contributed by atoms with Gasteiger partial charge in [0.1, 0.15) is 11.6 Å². The summed E-state index contributed by atoms with van der Waals surface area (Å²) in [4.78, 5) is 9.78. The topological polar surface area (TPSA) is 44.9 Å². The minimum atomic E-state index is -0.231. The number of benzene rings is 2. The highest BCUT2D eigenvalue weighted by Gasteiger charge is 2.24. The maximum atomic E-state index is 14.9. The molecule has 2 aliphatic heterocycles. The summed E-state index contributed by atoms with van der Waals surface area (Å²) in [6.07, 6.45) is 7.40. The predicted molar refractivity (Wildman–Crippen MR) is 134 cm³/mol. The Morgan fingerprint density at radius 2 is 1.53 bits per heavy atom. The molecule has 0 aliphatic carbocycles. The number of piperidine rings is 2. The van der Waals surface area contributed by atoms with Crippen molar-refractivity contribution >= 4 is 11.8 Å². The smallest absolute Gasteiger partial charge is 0.203 e. The number of aliphatic imine (C=N–C) groups is 1. The molecule has 0 radical (unpaired) electrons. The fourth-order valence-electron chi connectivity index (χ4n) is 4.98. The van der Waals surface area contributed by atoms with Gasteiger partial charge in [0.15, 0.2) is 5.82 Å². The highest BCUT2D eigenvalue weighted by molar-refractivity contribution is 5.82. The van der Waals surface area contributed by atoms with E-state index in [0.717, 1.165) is 43.3 Å². The number of guanidine groups is 1. The van der Waals surface area contributed by atoms with E-state index in [-0.39, 0.29) is 11.7 Å². The fourth-order valence-corrected chi connectivity index (χ4v) is 4.98. The van der Waals surface area contributed by atoms with Crippen molar-refractivity contribution in [3.8, 4) is 11.1 Å². The number of hydrogen-bond acceptors (Lipinski definition) is 3. The molecule has 0 bridgehead atoms. The summed E-state index contributed by atoms with van der Waals surface area (Å²) in [6.45, 7) is 6.20. The molecule has 178 valence electrons. The van der Waals surface area contributed by atoms with Gasteiger partial charge in [0.25, 0.3) is 0 Å². The average Bonchev–Trinajstić information content (AvgIpc) is 3.37. The second kappa shape index (κ2) is 10.4. The van der Waals surface area contributed by atoms with E-state index in [1.54, 1.807) is 6.07 Å². The minimum Gasteiger partial charge on any atom is -0.359 e. The van der Waals surface area contributed by atoms with Gasteiger partial charge in [0.2, 0.25) is 5.96 Å². The van der Waals surface area contributed by atoms with Crippen molar-refractivity contribution in [2.75, 3.05) is 26.2 Å². The van der Waals surface area contributed by atoms with Gasteiger partial charge in [-0.1, -0.05) is 54.5 Å². The SMILES string of the molecule is CC(c1ccc(-c2ccccc2)c(F)c1)c1cc(N=C(N2CCCCC2)N2CCCCC2)no1. The molecule has 0 spiro atoms. The Morgan fingerprint density at radius 1 is 0.882 bits per heavy atom. The van der Waals surface area contributed by atoms with Crippen LogP contribution in [0, 0.1) is 5.82 Å². The van der Waals surface area contributed by atoms with Gasteiger partial charge >= 0.3 is 0 Å². The summed E-state index contributed by atoms with van der Waals surface area (Å²) in [5, 5.41) is 4.27. The second-order valence-electron chi connectivity index (χ2n) is 9.42. The van der Waals surface area contributed by atoms with Crippen LogP contribution < -0.4 is 0 Å². The molecule has 2 fully saturated rings. The molecule has 1 aromatic heterocycles. The van der Waals surface area contributed by atoms with Crippen LogP contribution in [0.3, 0.4) is 0 Å². The molecule has 3 aromatic rings. The van der Waals surface area contributed by atoms with Crippen molar-refractivity contribution in [3.63, 3.8) is 0 Å². The van der Waals surface area contributed by atoms with Crippen LogP contribution in [0.5, 0.6) is 0 Å². The molecule has 2 aliphatic rings. The summed E-state index contributed by atoms with van der Waals surface area (Å²) in [5.74, 6) is 1.97. The summed E-state index contributed by atoms with van der Waals surface area (Å²) < 4.78 is 20.6. The average molecular weight is 461 g/mol. The van der Waals surface area contributed by atoms with Crippen LogP contribution in [0.15, 0.2) is 64.1 Å². The molecule has 1 unspecified atom stereocenters. The van der Waals surface area contributed by atoms with E-state index >= 15 is 0 Å². The molecule has 0 amide bonds. The first kappa shape index (κ1) is 22.6. The van der Waals surface area contributed by atoms with Crippen LogP contribution in [0.25, 0.3) is 11.1 Å². The lowest BCUT2D eigenvalue weighted by molar-refractivity contribution is 0.257. The summed E-state index contributed by atoms with van der Waals surface area (Å²) in [7, 11) is 0. The Bertz CT molecular complexity index is 1090. The molecule has 0 saturated carbocycles. The molecule has 2 aromatic carbocycles. The molecule has 2 saturated heterocycles. The van der Waals surface area contributed by atoms with E-state index in [1.165, 1.54) is 38.5 Å². The number of hydrogen-bond donors (Lipinski definition) is 0. The maximum absolute atomic E-state index is 14.9. The van der Waals surface area contributed by atoms with E-state index in [2.05, 4.69) is 15.0 Å². The van der Waals surface area contributed by atoms with Crippen LogP contribution in [0.1, 0.15) is 62.7 Å². The van der Waals surface area contributed by atoms with E-state index < -0.39 is 0 Å². The largest absolute Gasteiger partial charge is 0.359 e. The molecular weight excluding hydrogens is 427 g/mol. The summed E-state index contributed by atoms with van der Waals surface area (Å²) in [6, 6.07) is 16.9. The van der Waals surface area contributed by atoms with Crippen molar-refractivity contribution in [2.45, 2.75) is 51.4 Å². The molecule has 3 heterocycles. The molecule has 5 nitrogen and oxygen atoms in total. The van der Waals surface area contributed by atoms with Crippen molar-refractivity contribution < 1.29 is 8.91 Å². The zero-order chi connectivity index (χ0) is 23.3. The van der Waals surface area contributed by atoms with Crippen LogP contribution in [0.4, 0.5) is 10.2 Å². The highest BCUT2D eigenvalue weighted by Crippen LogP contribution is 2.31. The van der Waals surface area contributed by atoms with Gasteiger partial charge in [-0.2, -0.15) is 4.99 Å². The van der Waals surface area contributed by atoms with Gasteiger partial charge in [-0.05, 0) is 55.7 Å². The first-order valence-corrected chi connectivity index (χ1v) is 12.6. The van der Waals surface area contributed by atoms with Crippen LogP contribution in [-0.4, -0.2) is 47.1 Å². The highest BCUT2D eigenvalue weighted by atomic mass is 19.1. The van der Waals surface area contributed by atoms with E-state index in [0.29, 0.717) is 17.1 Å². The normalized spacial score (nSPS) is 17.5. The first-order chi connectivity index (χ1) is 16.7. The molecule has 34 heavy (non-hydrogen) atoms. The fraction of sp³-hybridized carbons (Fsp3) is 0.429. The number of aromatic nitrogens is 1.